The van der Waals surface area contributed by atoms with E-state index in [2.05, 4.69) is 56.8 Å². The monoisotopic (exact) mass is 421 g/mol. The van der Waals surface area contributed by atoms with Crippen molar-refractivity contribution in [2.24, 2.45) is 0 Å². The summed E-state index contributed by atoms with van der Waals surface area (Å²) in [6.45, 7) is 6.47. The molecular weight excluding hydrogens is 394 g/mol. The molecule has 1 fully saturated rings. The van der Waals surface area contributed by atoms with E-state index in [1.165, 1.54) is 22.5 Å². The van der Waals surface area contributed by atoms with Crippen LogP contribution in [0.2, 0.25) is 0 Å². The molecule has 4 rings (SSSR count). The fourth-order valence-electron chi connectivity index (χ4n) is 4.22. The third-order valence-corrected chi connectivity index (χ3v) is 6.08. The van der Waals surface area contributed by atoms with Gasteiger partial charge in [0.15, 0.2) is 5.11 Å². The molecule has 3 aromatic heterocycles. The molecule has 1 aliphatic rings. The summed E-state index contributed by atoms with van der Waals surface area (Å²) in [6, 6.07) is 12.4. The zero-order chi connectivity index (χ0) is 21.1. The Balaban J connectivity index is 1.74. The smallest absolute Gasteiger partial charge is 0.170 e. The lowest BCUT2D eigenvalue weighted by molar-refractivity contribution is 0.164. The van der Waals surface area contributed by atoms with Crippen molar-refractivity contribution in [3.63, 3.8) is 0 Å². The number of rotatable bonds is 7. The fraction of sp³-hybridized carbons (Fsp3) is 0.348. The van der Waals surface area contributed by atoms with Crippen molar-refractivity contribution < 1.29 is 4.74 Å². The Labute approximate surface area is 182 Å². The predicted octanol–water partition coefficient (Wildman–Crippen LogP) is 3.56. The van der Waals surface area contributed by atoms with Gasteiger partial charge in [0.2, 0.25) is 0 Å². The second-order valence-corrected chi connectivity index (χ2v) is 7.97. The minimum Gasteiger partial charge on any atom is -0.383 e. The molecule has 0 aromatic carbocycles. The molecule has 30 heavy (non-hydrogen) atoms. The van der Waals surface area contributed by atoms with Crippen LogP contribution >= 0.6 is 12.2 Å². The lowest BCUT2D eigenvalue weighted by atomic mass is 9.97. The van der Waals surface area contributed by atoms with Gasteiger partial charge in [-0.3, -0.25) is 9.97 Å². The number of hydrogen-bond donors (Lipinski definition) is 1. The van der Waals surface area contributed by atoms with Crippen LogP contribution in [-0.4, -0.2) is 44.8 Å². The van der Waals surface area contributed by atoms with Crippen LogP contribution in [0.4, 0.5) is 0 Å². The second-order valence-electron chi connectivity index (χ2n) is 7.59. The Kier molecular flexibility index (Phi) is 6.11. The number of nitrogens with one attached hydrogen (secondary N) is 1. The number of pyridine rings is 2. The normalized spacial score (nSPS) is 18.6. The summed E-state index contributed by atoms with van der Waals surface area (Å²) in [5, 5.41) is 4.24. The molecule has 156 valence electrons. The fourth-order valence-corrected chi connectivity index (χ4v) is 4.55. The Bertz CT molecular complexity index is 1010. The van der Waals surface area contributed by atoms with Gasteiger partial charge >= 0.3 is 0 Å². The van der Waals surface area contributed by atoms with Crippen molar-refractivity contribution in [2.45, 2.75) is 32.5 Å². The highest BCUT2D eigenvalue weighted by Gasteiger charge is 2.41. The molecule has 0 radical (unpaired) electrons. The predicted molar refractivity (Wildman–Crippen MR) is 121 cm³/mol. The summed E-state index contributed by atoms with van der Waals surface area (Å²) in [6.07, 6.45) is 5.56. The molecule has 0 saturated carbocycles. The first-order chi connectivity index (χ1) is 14.6. The molecule has 6 nitrogen and oxygen atoms in total. The van der Waals surface area contributed by atoms with E-state index < -0.39 is 0 Å². The van der Waals surface area contributed by atoms with Crippen LogP contribution in [0, 0.1) is 13.8 Å². The molecule has 0 amide bonds. The standard InChI is InChI=1S/C23H27N5OS/c1-16-13-19(17(2)28(16)15-18-7-6-9-24-14-18)22-21(20-8-4-5-10-25-20)26-23(30)27(22)11-12-29-3/h4-10,13-14,21-22H,11-12,15H2,1-3H3,(H,26,30)/t21-,22-/m1/s1. The highest BCUT2D eigenvalue weighted by atomic mass is 32.1. The van der Waals surface area contributed by atoms with E-state index in [1.807, 2.05) is 30.6 Å². The third-order valence-electron chi connectivity index (χ3n) is 5.73. The van der Waals surface area contributed by atoms with E-state index in [0.717, 1.165) is 23.9 Å². The second kappa shape index (κ2) is 8.93. The Morgan fingerprint density at radius 1 is 1.17 bits per heavy atom. The van der Waals surface area contributed by atoms with Crippen molar-refractivity contribution in [1.82, 2.24) is 24.8 Å². The van der Waals surface area contributed by atoms with Gasteiger partial charge in [-0.25, -0.2) is 0 Å². The van der Waals surface area contributed by atoms with Gasteiger partial charge < -0.3 is 19.5 Å². The number of methoxy groups -OCH3 is 1. The highest BCUT2D eigenvalue weighted by molar-refractivity contribution is 7.80. The first-order valence-electron chi connectivity index (χ1n) is 10.1. The Morgan fingerprint density at radius 2 is 2.03 bits per heavy atom. The third kappa shape index (κ3) is 3.95. The van der Waals surface area contributed by atoms with E-state index in [1.54, 1.807) is 13.3 Å². The van der Waals surface area contributed by atoms with Crippen LogP contribution in [0.3, 0.4) is 0 Å². The number of aryl methyl sites for hydroxylation is 1. The van der Waals surface area contributed by atoms with E-state index >= 15 is 0 Å². The summed E-state index contributed by atoms with van der Waals surface area (Å²) < 4.78 is 7.70. The highest BCUT2D eigenvalue weighted by Crippen LogP contribution is 2.40. The molecule has 7 heteroatoms. The van der Waals surface area contributed by atoms with Crippen LogP contribution in [0.1, 0.15) is 40.3 Å². The van der Waals surface area contributed by atoms with Gasteiger partial charge in [0.25, 0.3) is 0 Å². The van der Waals surface area contributed by atoms with Crippen molar-refractivity contribution >= 4 is 17.3 Å². The quantitative estimate of drug-likeness (QED) is 0.589. The minimum absolute atomic E-state index is 0.0112. The van der Waals surface area contributed by atoms with E-state index in [9.17, 15) is 0 Å². The maximum absolute atomic E-state index is 5.71. The molecular formula is C23H27N5OS. The average Bonchev–Trinajstić information content (AvgIpc) is 3.24. The van der Waals surface area contributed by atoms with Crippen molar-refractivity contribution in [3.05, 3.63) is 83.2 Å². The first-order valence-corrected chi connectivity index (χ1v) is 10.5. The lowest BCUT2D eigenvalue weighted by Crippen LogP contribution is -2.32. The molecule has 1 saturated heterocycles. The molecule has 0 aliphatic carbocycles. The molecule has 1 N–H and O–H groups in total. The van der Waals surface area contributed by atoms with Gasteiger partial charge in [0, 0.05) is 50.2 Å². The first kappa shape index (κ1) is 20.5. The van der Waals surface area contributed by atoms with Crippen molar-refractivity contribution in [3.8, 4) is 0 Å². The number of aromatic nitrogens is 3. The van der Waals surface area contributed by atoms with Crippen LogP contribution < -0.4 is 5.32 Å². The number of hydrogen-bond acceptors (Lipinski definition) is 4. The zero-order valence-electron chi connectivity index (χ0n) is 17.6. The Hall–Kier alpha value is -2.77. The molecule has 2 atom stereocenters. The largest absolute Gasteiger partial charge is 0.383 e. The SMILES string of the molecule is COCCN1C(=S)N[C@H](c2ccccn2)[C@H]1c1cc(C)n(Cc2cccnc2)c1C. The topological polar surface area (TPSA) is 55.2 Å². The van der Waals surface area contributed by atoms with Gasteiger partial charge in [-0.1, -0.05) is 12.1 Å². The number of nitrogens with zero attached hydrogens (tertiary/aromatic N) is 4. The van der Waals surface area contributed by atoms with Gasteiger partial charge in [0.1, 0.15) is 0 Å². The molecule has 0 spiro atoms. The van der Waals surface area contributed by atoms with Crippen molar-refractivity contribution in [1.29, 1.82) is 0 Å². The van der Waals surface area contributed by atoms with Gasteiger partial charge in [-0.15, -0.1) is 0 Å². The molecule has 0 unspecified atom stereocenters. The molecule has 1 aliphatic heterocycles. The summed E-state index contributed by atoms with van der Waals surface area (Å²) in [5.41, 5.74) is 5.88. The summed E-state index contributed by atoms with van der Waals surface area (Å²) in [4.78, 5) is 11.1. The van der Waals surface area contributed by atoms with Crippen molar-refractivity contribution in [2.75, 3.05) is 20.3 Å². The van der Waals surface area contributed by atoms with Crippen LogP contribution in [-0.2, 0) is 11.3 Å². The number of ether oxygens (including phenoxy) is 1. The van der Waals surface area contributed by atoms with E-state index in [-0.39, 0.29) is 12.1 Å². The zero-order valence-corrected chi connectivity index (χ0v) is 18.4. The average molecular weight is 422 g/mol. The minimum atomic E-state index is -0.0112. The maximum Gasteiger partial charge on any atom is 0.170 e. The van der Waals surface area contributed by atoms with Crippen LogP contribution in [0.15, 0.2) is 55.0 Å². The van der Waals surface area contributed by atoms with Gasteiger partial charge in [-0.05, 0) is 61.5 Å². The summed E-state index contributed by atoms with van der Waals surface area (Å²) >= 11 is 5.71. The molecule has 3 aromatic rings. The van der Waals surface area contributed by atoms with Gasteiger partial charge in [-0.2, -0.15) is 0 Å². The maximum atomic E-state index is 5.71. The Morgan fingerprint density at radius 3 is 2.73 bits per heavy atom. The van der Waals surface area contributed by atoms with E-state index in [0.29, 0.717) is 6.61 Å². The van der Waals surface area contributed by atoms with E-state index in [4.69, 9.17) is 17.0 Å². The molecule has 0 bridgehead atoms. The van der Waals surface area contributed by atoms with Crippen LogP contribution in [0.5, 0.6) is 0 Å². The van der Waals surface area contributed by atoms with Crippen LogP contribution in [0.25, 0.3) is 0 Å². The lowest BCUT2D eigenvalue weighted by Gasteiger charge is -2.28. The summed E-state index contributed by atoms with van der Waals surface area (Å²) in [5.74, 6) is 0. The van der Waals surface area contributed by atoms with Gasteiger partial charge in [0.05, 0.1) is 24.4 Å². The molecule has 4 heterocycles. The summed E-state index contributed by atoms with van der Waals surface area (Å²) in [7, 11) is 1.72. The number of thiocarbonyl (C=S) groups is 1.